The van der Waals surface area contributed by atoms with Crippen molar-refractivity contribution in [3.05, 3.63) is 94.0 Å². The van der Waals surface area contributed by atoms with Crippen molar-refractivity contribution in [2.45, 2.75) is 26.3 Å². The van der Waals surface area contributed by atoms with Crippen LogP contribution in [0.2, 0.25) is 10.2 Å². The third kappa shape index (κ3) is 7.95. The highest BCUT2D eigenvalue weighted by Crippen LogP contribution is 2.32. The topological polar surface area (TPSA) is 200 Å². The molecule has 240 valence electrons. The van der Waals surface area contributed by atoms with Crippen LogP contribution in [-0.2, 0) is 9.59 Å². The minimum absolute atomic E-state index is 0.160. The lowest BCUT2D eigenvalue weighted by Crippen LogP contribution is -2.35. The summed E-state index contributed by atoms with van der Waals surface area (Å²) in [6.45, 7) is 3.51. The van der Waals surface area contributed by atoms with E-state index >= 15 is 0 Å². The molecule has 5 aromatic rings. The number of aryl methyl sites for hydroxylation is 2. The molecule has 4 N–H and O–H groups in total. The fraction of sp³-hybridized carbons (Fsp3) is 0.167. The number of halogens is 2. The average Bonchev–Trinajstić information content (AvgIpc) is 3.71. The fourth-order valence-electron chi connectivity index (χ4n) is 4.48. The zero-order valence-electron chi connectivity index (χ0n) is 25.2. The fourth-order valence-corrected chi connectivity index (χ4v) is 4.91. The number of amides is 3. The van der Waals surface area contributed by atoms with Gasteiger partial charge in [0, 0.05) is 29.3 Å². The van der Waals surface area contributed by atoms with Gasteiger partial charge in [-0.3, -0.25) is 19.5 Å². The molecule has 0 saturated carbocycles. The van der Waals surface area contributed by atoms with Gasteiger partial charge in [0.2, 0.25) is 11.8 Å². The van der Waals surface area contributed by atoms with Crippen molar-refractivity contribution in [3.8, 4) is 22.7 Å². The van der Waals surface area contributed by atoms with Crippen molar-refractivity contribution in [2.75, 3.05) is 11.9 Å². The van der Waals surface area contributed by atoms with E-state index in [-0.39, 0.29) is 29.1 Å². The summed E-state index contributed by atoms with van der Waals surface area (Å²) in [5, 5.41) is 14.7. The Kier molecular flexibility index (Phi) is 9.87. The van der Waals surface area contributed by atoms with Crippen molar-refractivity contribution < 1.29 is 19.1 Å². The number of primary amides is 1. The quantitative estimate of drug-likeness (QED) is 0.181. The van der Waals surface area contributed by atoms with E-state index in [1.54, 1.807) is 69.6 Å². The highest BCUT2D eigenvalue weighted by molar-refractivity contribution is 6.32. The molecule has 3 aromatic heterocycles. The van der Waals surface area contributed by atoms with Gasteiger partial charge >= 0.3 is 6.09 Å². The second-order valence-corrected chi connectivity index (χ2v) is 11.0. The van der Waals surface area contributed by atoms with Gasteiger partial charge in [0.1, 0.15) is 28.7 Å². The van der Waals surface area contributed by atoms with Gasteiger partial charge in [-0.1, -0.05) is 23.2 Å². The molecule has 5 rings (SSSR count). The number of imidazole rings is 1. The molecule has 0 aliphatic heterocycles. The normalized spacial score (nSPS) is 11.8. The van der Waals surface area contributed by atoms with Crippen LogP contribution < -0.4 is 20.7 Å². The number of nitrogens with zero attached hydrogens (tertiary/aromatic N) is 8. The Morgan fingerprint density at radius 3 is 2.62 bits per heavy atom. The van der Waals surface area contributed by atoms with E-state index < -0.39 is 18.0 Å². The number of hydrogen-bond acceptors (Lipinski definition) is 10. The lowest BCUT2D eigenvalue weighted by molar-refractivity contribution is -0.120. The molecular formula is C30H27Cl2N11O4. The maximum atomic E-state index is 13.4. The largest absolute Gasteiger partial charge is 0.410 e. The standard InChI is InChI=1S/C30H27Cl2N11O4/c1-16-10-19(4-8-23(16)47-30(33)46)27-28(32)39-29(38-27)21(12-26(45)42(3)24-14-34-17(2)13-35-24)37-25(44)9-5-18-11-20(31)6-7-22(18)43-15-36-40-41-43/h4-11,13-15,21H,12H2,1-3H3,(H2,33,46)(H,37,44)(H,38,39)/b9-5+/t21-/m0/s1. The molecule has 0 unspecified atom stereocenters. The molecule has 0 saturated heterocycles. The smallest absolute Gasteiger partial charge is 0.409 e. The Morgan fingerprint density at radius 2 is 1.94 bits per heavy atom. The third-order valence-electron chi connectivity index (χ3n) is 6.85. The van der Waals surface area contributed by atoms with Crippen LogP contribution in [0, 0.1) is 13.8 Å². The number of carbonyl (C=O) groups excluding carboxylic acids is 3. The monoisotopic (exact) mass is 675 g/mol. The molecule has 0 radical (unpaired) electrons. The molecule has 0 bridgehead atoms. The van der Waals surface area contributed by atoms with Crippen molar-refractivity contribution >= 4 is 53.0 Å². The van der Waals surface area contributed by atoms with Gasteiger partial charge in [-0.05, 0) is 72.3 Å². The van der Waals surface area contributed by atoms with Gasteiger partial charge in [-0.2, -0.15) is 4.68 Å². The molecule has 3 amide bonds. The van der Waals surface area contributed by atoms with Gasteiger partial charge in [-0.15, -0.1) is 5.10 Å². The predicted octanol–water partition coefficient (Wildman–Crippen LogP) is 4.15. The van der Waals surface area contributed by atoms with E-state index in [4.69, 9.17) is 33.7 Å². The second kappa shape index (κ2) is 14.2. The summed E-state index contributed by atoms with van der Waals surface area (Å²) in [5.41, 5.74) is 8.53. The Hall–Kier alpha value is -5.67. The average molecular weight is 677 g/mol. The molecule has 3 heterocycles. The van der Waals surface area contributed by atoms with Crippen LogP contribution in [0.1, 0.15) is 35.1 Å². The SMILES string of the molecule is Cc1cnc(N(C)C(=O)C[C@H](NC(=O)/C=C/c2cc(Cl)ccc2-n2cnnn2)c2nc(-c3ccc(OC(N)=O)c(C)c3)c(Cl)[nH]2)cn1. The van der Waals surface area contributed by atoms with E-state index in [1.165, 1.54) is 28.2 Å². The van der Waals surface area contributed by atoms with Crippen molar-refractivity contribution in [2.24, 2.45) is 5.73 Å². The minimum atomic E-state index is -0.955. The lowest BCUT2D eigenvalue weighted by Gasteiger charge is -2.20. The third-order valence-corrected chi connectivity index (χ3v) is 7.36. The number of nitrogens with two attached hydrogens (primary N) is 1. The first-order chi connectivity index (χ1) is 22.5. The molecule has 0 aliphatic carbocycles. The van der Waals surface area contributed by atoms with E-state index in [1.807, 2.05) is 0 Å². The van der Waals surface area contributed by atoms with Crippen LogP contribution in [0.5, 0.6) is 5.75 Å². The number of tetrazole rings is 1. The number of carbonyl (C=O) groups is 3. The first kappa shape index (κ1) is 32.7. The van der Waals surface area contributed by atoms with E-state index in [2.05, 4.69) is 40.8 Å². The number of rotatable bonds is 10. The maximum absolute atomic E-state index is 13.4. The Bertz CT molecular complexity index is 1960. The minimum Gasteiger partial charge on any atom is -0.410 e. The number of ether oxygens (including phenoxy) is 1. The number of H-pyrrole nitrogens is 1. The summed E-state index contributed by atoms with van der Waals surface area (Å²) in [5.74, 6) is -0.0997. The van der Waals surface area contributed by atoms with Crippen LogP contribution in [0.25, 0.3) is 23.0 Å². The summed E-state index contributed by atoms with van der Waals surface area (Å²) >= 11 is 12.8. The summed E-state index contributed by atoms with van der Waals surface area (Å²) in [7, 11) is 1.55. The number of benzene rings is 2. The summed E-state index contributed by atoms with van der Waals surface area (Å²) in [4.78, 5) is 55.4. The molecular weight excluding hydrogens is 649 g/mol. The van der Waals surface area contributed by atoms with Gasteiger partial charge in [0.25, 0.3) is 0 Å². The number of hydrogen-bond donors (Lipinski definition) is 3. The molecule has 2 aromatic carbocycles. The lowest BCUT2D eigenvalue weighted by atomic mass is 10.1. The molecule has 0 aliphatic rings. The van der Waals surface area contributed by atoms with Crippen LogP contribution in [0.15, 0.2) is 61.2 Å². The first-order valence-corrected chi connectivity index (χ1v) is 14.6. The first-order valence-electron chi connectivity index (χ1n) is 13.9. The zero-order valence-corrected chi connectivity index (χ0v) is 26.7. The van der Waals surface area contributed by atoms with Crippen molar-refractivity contribution in [3.63, 3.8) is 0 Å². The summed E-state index contributed by atoms with van der Waals surface area (Å²) in [6.07, 6.45) is 6.11. The Morgan fingerprint density at radius 1 is 1.13 bits per heavy atom. The number of aromatic nitrogens is 8. The molecule has 17 heteroatoms. The highest BCUT2D eigenvalue weighted by Gasteiger charge is 2.26. The van der Waals surface area contributed by atoms with E-state index in [9.17, 15) is 14.4 Å². The predicted molar refractivity (Wildman–Crippen MR) is 173 cm³/mol. The Labute approximate surface area is 277 Å². The van der Waals surface area contributed by atoms with Crippen molar-refractivity contribution in [1.82, 2.24) is 45.5 Å². The summed E-state index contributed by atoms with van der Waals surface area (Å²) < 4.78 is 6.44. The molecule has 47 heavy (non-hydrogen) atoms. The molecule has 0 fully saturated rings. The maximum Gasteiger partial charge on any atom is 0.409 e. The molecule has 0 spiro atoms. The number of nitrogens with one attached hydrogen (secondary N) is 2. The van der Waals surface area contributed by atoms with E-state index in [0.717, 1.165) is 0 Å². The van der Waals surface area contributed by atoms with Crippen LogP contribution in [0.3, 0.4) is 0 Å². The number of anilines is 1. The second-order valence-electron chi connectivity index (χ2n) is 10.2. The Balaban J connectivity index is 1.44. The van der Waals surface area contributed by atoms with Gasteiger partial charge < -0.3 is 20.8 Å². The van der Waals surface area contributed by atoms with Gasteiger partial charge in [0.05, 0.1) is 36.2 Å². The zero-order chi connectivity index (χ0) is 33.7. The van der Waals surface area contributed by atoms with Crippen LogP contribution in [-0.4, -0.2) is 65.1 Å². The highest BCUT2D eigenvalue weighted by atomic mass is 35.5. The molecule has 1 atom stereocenters. The van der Waals surface area contributed by atoms with Crippen molar-refractivity contribution in [1.29, 1.82) is 0 Å². The van der Waals surface area contributed by atoms with E-state index in [0.29, 0.717) is 44.6 Å². The van der Waals surface area contributed by atoms with Gasteiger partial charge in [-0.25, -0.2) is 14.8 Å². The number of aromatic amines is 1. The van der Waals surface area contributed by atoms with Gasteiger partial charge in [0.15, 0.2) is 5.82 Å². The van der Waals surface area contributed by atoms with Crippen LogP contribution >= 0.6 is 23.2 Å². The van der Waals surface area contributed by atoms with Crippen LogP contribution in [0.4, 0.5) is 10.6 Å². The summed E-state index contributed by atoms with van der Waals surface area (Å²) in [6, 6.07) is 9.00. The molecule has 15 nitrogen and oxygen atoms in total.